The monoisotopic (exact) mass is 382 g/mol. The van der Waals surface area contributed by atoms with Crippen molar-refractivity contribution < 1.29 is 18.4 Å². The van der Waals surface area contributed by atoms with Crippen molar-refractivity contribution in [2.75, 3.05) is 6.54 Å². The van der Waals surface area contributed by atoms with Crippen LogP contribution in [0.5, 0.6) is 0 Å². The van der Waals surface area contributed by atoms with Crippen LogP contribution in [0.1, 0.15) is 29.0 Å². The number of ketones is 1. The normalized spacial score (nSPS) is 19.2. The Morgan fingerprint density at radius 3 is 2.64 bits per heavy atom. The number of amides is 1. The van der Waals surface area contributed by atoms with Gasteiger partial charge in [0.1, 0.15) is 17.4 Å². The summed E-state index contributed by atoms with van der Waals surface area (Å²) in [5.74, 6) is -3.27. The number of aromatic amines is 1. The molecule has 2 heterocycles. The Morgan fingerprint density at radius 2 is 1.89 bits per heavy atom. The summed E-state index contributed by atoms with van der Waals surface area (Å²) >= 11 is 0. The Hall–Kier alpha value is -3.02. The third kappa shape index (κ3) is 3.42. The van der Waals surface area contributed by atoms with Crippen LogP contribution in [-0.2, 0) is 16.0 Å². The Labute approximate surface area is 160 Å². The molecule has 6 heteroatoms. The molecule has 2 N–H and O–H groups in total. The molecule has 144 valence electrons. The topological polar surface area (TPSA) is 62.0 Å². The van der Waals surface area contributed by atoms with E-state index in [0.29, 0.717) is 5.56 Å². The van der Waals surface area contributed by atoms with Crippen LogP contribution in [0.2, 0.25) is 0 Å². The molecule has 0 saturated carbocycles. The minimum Gasteiger partial charge on any atom is -0.361 e. The number of carbonyl (C=O) groups is 2. The number of fused-ring (bicyclic) bond motifs is 1. The largest absolute Gasteiger partial charge is 0.361 e. The molecule has 0 aliphatic carbocycles. The summed E-state index contributed by atoms with van der Waals surface area (Å²) < 4.78 is 28.8. The number of aromatic nitrogens is 1. The lowest BCUT2D eigenvalue weighted by molar-refractivity contribution is -0.127. The van der Waals surface area contributed by atoms with Crippen molar-refractivity contribution in [2.24, 2.45) is 5.92 Å². The Bertz CT molecular complexity index is 1050. The summed E-state index contributed by atoms with van der Waals surface area (Å²) in [5.41, 5.74) is 2.19. The smallest absolute Gasteiger partial charge is 0.224 e. The van der Waals surface area contributed by atoms with E-state index < -0.39 is 23.5 Å². The quantitative estimate of drug-likeness (QED) is 0.705. The van der Waals surface area contributed by atoms with Crippen LogP contribution in [0.4, 0.5) is 8.78 Å². The van der Waals surface area contributed by atoms with Crippen LogP contribution in [0.3, 0.4) is 0 Å². The summed E-state index contributed by atoms with van der Waals surface area (Å²) in [5, 5.41) is 3.65. The van der Waals surface area contributed by atoms with Gasteiger partial charge in [0.15, 0.2) is 0 Å². The number of benzene rings is 2. The minimum absolute atomic E-state index is 0.0472. The lowest BCUT2D eigenvalue weighted by Gasteiger charge is -2.18. The van der Waals surface area contributed by atoms with Gasteiger partial charge in [-0.3, -0.25) is 9.59 Å². The second kappa shape index (κ2) is 7.19. The van der Waals surface area contributed by atoms with Gasteiger partial charge in [-0.1, -0.05) is 6.07 Å². The first-order valence-electron chi connectivity index (χ1n) is 9.23. The summed E-state index contributed by atoms with van der Waals surface area (Å²) in [4.78, 5) is 28.0. The van der Waals surface area contributed by atoms with Crippen LogP contribution in [-0.4, -0.2) is 23.2 Å². The molecule has 3 aromatic rings. The van der Waals surface area contributed by atoms with Gasteiger partial charge in [-0.15, -0.1) is 0 Å². The first-order valence-corrected chi connectivity index (χ1v) is 9.23. The van der Waals surface area contributed by atoms with E-state index in [9.17, 15) is 18.4 Å². The van der Waals surface area contributed by atoms with Crippen molar-refractivity contribution in [2.45, 2.75) is 25.7 Å². The second-order valence-corrected chi connectivity index (χ2v) is 7.42. The van der Waals surface area contributed by atoms with Gasteiger partial charge >= 0.3 is 0 Å². The predicted octanol–water partition coefficient (Wildman–Crippen LogP) is 3.79. The Morgan fingerprint density at radius 1 is 1.14 bits per heavy atom. The van der Waals surface area contributed by atoms with Crippen molar-refractivity contribution in [1.29, 1.82) is 0 Å². The van der Waals surface area contributed by atoms with E-state index in [1.807, 2.05) is 30.5 Å². The average molecular weight is 382 g/mol. The highest BCUT2D eigenvalue weighted by Gasteiger charge is 2.39. The maximum absolute atomic E-state index is 14.4. The molecule has 0 bridgehead atoms. The number of hydrogen-bond donors (Lipinski definition) is 2. The van der Waals surface area contributed by atoms with E-state index >= 15 is 0 Å². The van der Waals surface area contributed by atoms with E-state index in [1.54, 1.807) is 6.92 Å². The molecule has 1 saturated heterocycles. The van der Waals surface area contributed by atoms with Crippen LogP contribution < -0.4 is 5.32 Å². The van der Waals surface area contributed by atoms with Crippen LogP contribution in [0, 0.1) is 24.5 Å². The van der Waals surface area contributed by atoms with Crippen molar-refractivity contribution in [3.05, 3.63) is 70.9 Å². The maximum Gasteiger partial charge on any atom is 0.224 e. The number of H-pyrrole nitrogens is 1. The third-order valence-electron chi connectivity index (χ3n) is 5.38. The highest BCUT2D eigenvalue weighted by atomic mass is 19.1. The third-order valence-corrected chi connectivity index (χ3v) is 5.38. The predicted molar refractivity (Wildman–Crippen MR) is 102 cm³/mol. The van der Waals surface area contributed by atoms with Crippen molar-refractivity contribution >= 4 is 22.6 Å². The standard InChI is InChI=1S/C22H20F2N2O2/c1-12-6-18(23)21(19(24)7-12)17-11-26-22(28)16(17)10-15(27)9-13-2-3-20-14(8-13)4-5-25-20/h2-8,16-17,25H,9-11H2,1H3,(H,26,28)/t16-,17+/m0/s1. The zero-order valence-electron chi connectivity index (χ0n) is 15.4. The molecule has 1 aliphatic heterocycles. The molecular weight excluding hydrogens is 362 g/mol. The zero-order chi connectivity index (χ0) is 19.8. The zero-order valence-corrected chi connectivity index (χ0v) is 15.4. The van der Waals surface area contributed by atoms with Gasteiger partial charge < -0.3 is 10.3 Å². The summed E-state index contributed by atoms with van der Waals surface area (Å²) in [6.45, 7) is 1.74. The molecule has 1 aromatic heterocycles. The lowest BCUT2D eigenvalue weighted by atomic mass is 9.83. The van der Waals surface area contributed by atoms with Gasteiger partial charge in [0.2, 0.25) is 5.91 Å². The van der Waals surface area contributed by atoms with Crippen LogP contribution in [0.15, 0.2) is 42.6 Å². The fourth-order valence-corrected chi connectivity index (χ4v) is 4.03. The summed E-state index contributed by atoms with van der Waals surface area (Å²) in [7, 11) is 0. The molecule has 28 heavy (non-hydrogen) atoms. The second-order valence-electron chi connectivity index (χ2n) is 7.42. The minimum atomic E-state index is -0.768. The van der Waals surface area contributed by atoms with Crippen LogP contribution >= 0.6 is 0 Å². The molecule has 1 aliphatic rings. The fourth-order valence-electron chi connectivity index (χ4n) is 4.03. The number of halogens is 2. The van der Waals surface area contributed by atoms with Gasteiger partial charge in [0.25, 0.3) is 0 Å². The fraction of sp³-hybridized carbons (Fsp3) is 0.273. The number of aryl methyl sites for hydroxylation is 1. The van der Waals surface area contributed by atoms with E-state index in [1.165, 1.54) is 12.1 Å². The average Bonchev–Trinajstić information content (AvgIpc) is 3.22. The summed E-state index contributed by atoms with van der Waals surface area (Å²) in [6, 6.07) is 10.1. The van der Waals surface area contributed by atoms with Gasteiger partial charge in [0.05, 0.1) is 5.92 Å². The highest BCUT2D eigenvalue weighted by Crippen LogP contribution is 2.35. The van der Waals surface area contributed by atoms with Crippen molar-refractivity contribution in [1.82, 2.24) is 10.3 Å². The van der Waals surface area contributed by atoms with Gasteiger partial charge in [-0.2, -0.15) is 0 Å². The molecule has 0 unspecified atom stereocenters. The van der Waals surface area contributed by atoms with E-state index in [2.05, 4.69) is 10.3 Å². The van der Waals surface area contributed by atoms with Crippen molar-refractivity contribution in [3.8, 4) is 0 Å². The molecular formula is C22H20F2N2O2. The molecule has 0 spiro atoms. The Kier molecular flexibility index (Phi) is 4.71. The van der Waals surface area contributed by atoms with Gasteiger partial charge in [-0.25, -0.2) is 8.78 Å². The SMILES string of the molecule is Cc1cc(F)c([C@@H]2CNC(=O)[C@H]2CC(=O)Cc2ccc3[nH]ccc3c2)c(F)c1. The van der Waals surface area contributed by atoms with E-state index in [-0.39, 0.29) is 36.6 Å². The number of nitrogens with one attached hydrogen (secondary N) is 2. The molecule has 2 atom stereocenters. The molecule has 4 nitrogen and oxygen atoms in total. The number of Topliss-reactive ketones (excluding diaryl/α,β-unsaturated/α-hetero) is 1. The first kappa shape index (κ1) is 18.3. The Balaban J connectivity index is 1.53. The highest BCUT2D eigenvalue weighted by molar-refractivity contribution is 5.90. The molecule has 0 radical (unpaired) electrons. The van der Waals surface area contributed by atoms with Gasteiger partial charge in [-0.05, 0) is 53.8 Å². The van der Waals surface area contributed by atoms with E-state index in [4.69, 9.17) is 0 Å². The first-order chi connectivity index (χ1) is 13.4. The molecule has 4 rings (SSSR count). The summed E-state index contributed by atoms with van der Waals surface area (Å²) in [6.07, 6.45) is 1.96. The van der Waals surface area contributed by atoms with Crippen LogP contribution in [0.25, 0.3) is 10.9 Å². The number of carbonyl (C=O) groups excluding carboxylic acids is 2. The number of rotatable bonds is 5. The molecule has 2 aromatic carbocycles. The maximum atomic E-state index is 14.4. The van der Waals surface area contributed by atoms with E-state index in [0.717, 1.165) is 16.5 Å². The molecule has 1 amide bonds. The van der Waals surface area contributed by atoms with Crippen molar-refractivity contribution in [3.63, 3.8) is 0 Å². The number of hydrogen-bond acceptors (Lipinski definition) is 2. The van der Waals surface area contributed by atoms with Gasteiger partial charge in [0, 0.05) is 42.6 Å². The molecule has 1 fully saturated rings. The lowest BCUT2D eigenvalue weighted by Crippen LogP contribution is -2.23.